The van der Waals surface area contributed by atoms with Gasteiger partial charge >= 0.3 is 0 Å². The number of fused-ring (bicyclic) bond motifs is 2. The third-order valence-corrected chi connectivity index (χ3v) is 7.06. The highest BCUT2D eigenvalue weighted by molar-refractivity contribution is 8.00. The van der Waals surface area contributed by atoms with Crippen molar-refractivity contribution >= 4 is 44.9 Å². The van der Waals surface area contributed by atoms with E-state index in [1.54, 1.807) is 11.3 Å². The second kappa shape index (κ2) is 7.34. The number of nitrogens with one attached hydrogen (secondary N) is 1. The highest BCUT2D eigenvalue weighted by Gasteiger charge is 2.24. The summed E-state index contributed by atoms with van der Waals surface area (Å²) in [6.07, 6.45) is 3.05. The largest absolute Gasteiger partial charge is 0.316 e. The van der Waals surface area contributed by atoms with Crippen LogP contribution in [0.25, 0.3) is 10.9 Å². The topological polar surface area (TPSA) is 65.8 Å². The zero-order valence-corrected chi connectivity index (χ0v) is 16.8. The second-order valence-electron chi connectivity index (χ2n) is 6.72. The molecule has 1 aliphatic carbocycles. The van der Waals surface area contributed by atoms with Gasteiger partial charge in [0, 0.05) is 10.3 Å². The number of benzene rings is 1. The lowest BCUT2D eigenvalue weighted by Crippen LogP contribution is -2.22. The van der Waals surface area contributed by atoms with E-state index < -0.39 is 0 Å². The molecule has 136 valence electrons. The van der Waals surface area contributed by atoms with Gasteiger partial charge in [-0.1, -0.05) is 30.0 Å². The molecule has 1 atom stereocenters. The smallest absolute Gasteiger partial charge is 0.238 e. The average Bonchev–Trinajstić information content (AvgIpc) is 3.22. The normalized spacial score (nSPS) is 14.0. The predicted octanol–water partition coefficient (Wildman–Crippen LogP) is 5.08. The predicted molar refractivity (Wildman–Crippen MR) is 111 cm³/mol. The van der Waals surface area contributed by atoms with E-state index in [1.165, 1.54) is 16.6 Å². The maximum absolute atomic E-state index is 12.7. The fraction of sp³-hybridized carbons (Fsp3) is 0.286. The molecule has 2 aromatic heterocycles. The summed E-state index contributed by atoms with van der Waals surface area (Å²) in [5.41, 5.74) is 3.87. The molecular formula is C21H19N3OS2. The minimum Gasteiger partial charge on any atom is -0.316 e. The van der Waals surface area contributed by atoms with E-state index >= 15 is 0 Å². The van der Waals surface area contributed by atoms with Gasteiger partial charge in [0.15, 0.2) is 0 Å². The summed E-state index contributed by atoms with van der Waals surface area (Å²) in [4.78, 5) is 18.6. The number of rotatable bonds is 4. The van der Waals surface area contributed by atoms with Gasteiger partial charge in [-0.2, -0.15) is 5.26 Å². The van der Waals surface area contributed by atoms with Crippen molar-refractivity contribution in [1.29, 1.82) is 5.26 Å². The molecule has 2 heterocycles. The van der Waals surface area contributed by atoms with E-state index in [9.17, 15) is 10.1 Å². The number of hydrogen-bond donors (Lipinski definition) is 1. The summed E-state index contributed by atoms with van der Waals surface area (Å²) in [7, 11) is 0. The molecule has 4 nitrogen and oxygen atoms in total. The van der Waals surface area contributed by atoms with Crippen LogP contribution in [0.15, 0.2) is 35.4 Å². The van der Waals surface area contributed by atoms with Crippen molar-refractivity contribution in [2.75, 3.05) is 5.32 Å². The number of carbonyl (C=O) groups is 1. The Morgan fingerprint density at radius 3 is 3.00 bits per heavy atom. The molecule has 1 aliphatic rings. The number of pyridine rings is 1. The number of anilines is 1. The molecule has 27 heavy (non-hydrogen) atoms. The molecule has 0 bridgehead atoms. The first kappa shape index (κ1) is 18.0. The van der Waals surface area contributed by atoms with Crippen LogP contribution < -0.4 is 5.32 Å². The Kier molecular flexibility index (Phi) is 4.90. The second-order valence-corrected chi connectivity index (χ2v) is 9.18. The number of aryl methyl sites for hydroxylation is 2. The van der Waals surface area contributed by atoms with E-state index in [-0.39, 0.29) is 11.2 Å². The van der Waals surface area contributed by atoms with Crippen molar-refractivity contribution < 1.29 is 4.79 Å². The average molecular weight is 394 g/mol. The van der Waals surface area contributed by atoms with Gasteiger partial charge in [0.2, 0.25) is 5.91 Å². The summed E-state index contributed by atoms with van der Waals surface area (Å²) in [6.45, 7) is 3.94. The Labute approximate surface area is 166 Å². The van der Waals surface area contributed by atoms with Crippen molar-refractivity contribution in [2.24, 2.45) is 0 Å². The number of para-hydroxylation sites is 1. The molecule has 0 spiro atoms. The summed E-state index contributed by atoms with van der Waals surface area (Å²) < 4.78 is 0. The van der Waals surface area contributed by atoms with Gasteiger partial charge in [0.1, 0.15) is 11.1 Å². The Morgan fingerprint density at radius 2 is 2.19 bits per heavy atom. The van der Waals surface area contributed by atoms with Crippen LogP contribution in [0.2, 0.25) is 0 Å². The van der Waals surface area contributed by atoms with Gasteiger partial charge in [0.05, 0.1) is 21.4 Å². The number of thiophene rings is 1. The minimum atomic E-state index is -0.304. The molecule has 1 aromatic carbocycles. The van der Waals surface area contributed by atoms with Crippen LogP contribution >= 0.6 is 23.1 Å². The Bertz CT molecular complexity index is 1080. The standard InChI is InChI=1S/C21H19N3OS2/c1-12-10-19(23-17-8-4-3-6-14(12)17)26-13(2)20(25)24-21-16(11-22)15-7-5-9-18(15)27-21/h3-4,6,8,10,13H,5,7,9H2,1-2H3,(H,24,25). The van der Waals surface area contributed by atoms with Crippen molar-refractivity contribution in [3.63, 3.8) is 0 Å². The molecule has 0 aliphatic heterocycles. The number of nitriles is 1. The summed E-state index contributed by atoms with van der Waals surface area (Å²) in [6, 6.07) is 12.3. The maximum Gasteiger partial charge on any atom is 0.238 e. The zero-order chi connectivity index (χ0) is 19.0. The molecule has 1 unspecified atom stereocenters. The van der Waals surface area contributed by atoms with E-state index in [2.05, 4.69) is 29.4 Å². The van der Waals surface area contributed by atoms with E-state index in [1.807, 2.05) is 31.2 Å². The van der Waals surface area contributed by atoms with Gasteiger partial charge in [-0.3, -0.25) is 4.79 Å². The van der Waals surface area contributed by atoms with Crippen LogP contribution in [0.5, 0.6) is 0 Å². The van der Waals surface area contributed by atoms with Gasteiger partial charge < -0.3 is 5.32 Å². The monoisotopic (exact) mass is 393 g/mol. The highest BCUT2D eigenvalue weighted by Crippen LogP contribution is 2.39. The van der Waals surface area contributed by atoms with Crippen molar-refractivity contribution in [2.45, 2.75) is 43.4 Å². The fourth-order valence-corrected chi connectivity index (χ4v) is 5.60. The van der Waals surface area contributed by atoms with Gasteiger partial charge in [-0.25, -0.2) is 4.98 Å². The molecule has 0 radical (unpaired) electrons. The first-order valence-corrected chi connectivity index (χ1v) is 10.6. The number of carbonyl (C=O) groups excluding carboxylic acids is 1. The third-order valence-electron chi connectivity index (χ3n) is 4.84. The first-order chi connectivity index (χ1) is 13.1. The van der Waals surface area contributed by atoms with Gasteiger partial charge in [-0.15, -0.1) is 11.3 Å². The Hall–Kier alpha value is -2.36. The molecule has 3 aromatic rings. The molecule has 4 rings (SSSR count). The number of amides is 1. The quantitative estimate of drug-likeness (QED) is 0.628. The van der Waals surface area contributed by atoms with Crippen LogP contribution in [0.4, 0.5) is 5.00 Å². The molecule has 0 fully saturated rings. The van der Waals surface area contributed by atoms with Crippen molar-refractivity contribution in [3.05, 3.63) is 51.9 Å². The van der Waals surface area contributed by atoms with E-state index in [4.69, 9.17) is 0 Å². The lowest BCUT2D eigenvalue weighted by Gasteiger charge is -2.12. The Balaban J connectivity index is 1.51. The van der Waals surface area contributed by atoms with Gasteiger partial charge in [0.25, 0.3) is 0 Å². The van der Waals surface area contributed by atoms with Crippen LogP contribution in [-0.4, -0.2) is 16.1 Å². The minimum absolute atomic E-state index is 0.0935. The van der Waals surface area contributed by atoms with Crippen LogP contribution in [-0.2, 0) is 17.6 Å². The molecular weight excluding hydrogens is 374 g/mol. The Morgan fingerprint density at radius 1 is 1.37 bits per heavy atom. The summed E-state index contributed by atoms with van der Waals surface area (Å²) >= 11 is 2.99. The van der Waals surface area contributed by atoms with Gasteiger partial charge in [-0.05, 0) is 56.4 Å². The van der Waals surface area contributed by atoms with Crippen molar-refractivity contribution in [1.82, 2.24) is 4.98 Å². The summed E-state index contributed by atoms with van der Waals surface area (Å²) in [5, 5.41) is 14.8. The zero-order valence-electron chi connectivity index (χ0n) is 15.2. The molecule has 0 saturated heterocycles. The van der Waals surface area contributed by atoms with Crippen LogP contribution in [0.3, 0.4) is 0 Å². The van der Waals surface area contributed by atoms with Crippen molar-refractivity contribution in [3.8, 4) is 6.07 Å². The number of nitrogens with zero attached hydrogens (tertiary/aromatic N) is 2. The molecule has 0 saturated carbocycles. The highest BCUT2D eigenvalue weighted by atomic mass is 32.2. The first-order valence-electron chi connectivity index (χ1n) is 8.95. The SMILES string of the molecule is Cc1cc(SC(C)C(=O)Nc2sc3c(c2C#N)CCC3)nc2ccccc12. The fourth-order valence-electron chi connectivity index (χ4n) is 3.44. The third kappa shape index (κ3) is 3.45. The number of hydrogen-bond acceptors (Lipinski definition) is 5. The van der Waals surface area contributed by atoms with E-state index in [0.717, 1.165) is 46.3 Å². The lowest BCUT2D eigenvalue weighted by molar-refractivity contribution is -0.115. The number of thioether (sulfide) groups is 1. The number of aromatic nitrogens is 1. The molecule has 1 amide bonds. The van der Waals surface area contributed by atoms with Crippen LogP contribution in [0.1, 0.15) is 34.9 Å². The maximum atomic E-state index is 12.7. The van der Waals surface area contributed by atoms with E-state index in [0.29, 0.717) is 10.6 Å². The van der Waals surface area contributed by atoms with Crippen LogP contribution in [0, 0.1) is 18.3 Å². The lowest BCUT2D eigenvalue weighted by atomic mass is 10.1. The molecule has 6 heteroatoms. The molecule has 1 N–H and O–H groups in total. The summed E-state index contributed by atoms with van der Waals surface area (Å²) in [5.74, 6) is -0.0935.